The van der Waals surface area contributed by atoms with E-state index >= 15 is 0 Å². The minimum Gasteiger partial charge on any atom is -0.454 e. The van der Waals surface area contributed by atoms with E-state index in [1.165, 1.54) is 36.4 Å². The molecular weight excluding hydrogens is 386 g/mol. The van der Waals surface area contributed by atoms with Crippen LogP contribution in [0.4, 0.5) is 10.1 Å². The largest absolute Gasteiger partial charge is 0.454 e. The van der Waals surface area contributed by atoms with Gasteiger partial charge >= 0.3 is 5.97 Å². The SMILES string of the molecule is O=C(COC(=O)CNC(=O)c1ccc(Cl)cc1)Nc1cc(Cl)ccc1F. The second kappa shape index (κ2) is 9.17. The summed E-state index contributed by atoms with van der Waals surface area (Å²) in [5.74, 6) is -2.74. The number of rotatable bonds is 6. The van der Waals surface area contributed by atoms with Gasteiger partial charge in [-0.05, 0) is 42.5 Å². The second-order valence-electron chi connectivity index (χ2n) is 5.02. The Morgan fingerprint density at radius 1 is 1.00 bits per heavy atom. The summed E-state index contributed by atoms with van der Waals surface area (Å²) in [6.45, 7) is -1.07. The maximum absolute atomic E-state index is 13.5. The van der Waals surface area contributed by atoms with Crippen LogP contribution in [0.2, 0.25) is 10.0 Å². The van der Waals surface area contributed by atoms with Gasteiger partial charge in [0.25, 0.3) is 11.8 Å². The van der Waals surface area contributed by atoms with Crippen molar-refractivity contribution in [2.45, 2.75) is 0 Å². The van der Waals surface area contributed by atoms with Crippen LogP contribution in [0.3, 0.4) is 0 Å². The second-order valence-corrected chi connectivity index (χ2v) is 5.90. The first-order valence-electron chi connectivity index (χ1n) is 7.29. The lowest BCUT2D eigenvalue weighted by Crippen LogP contribution is -2.32. The van der Waals surface area contributed by atoms with Gasteiger partial charge in [0.2, 0.25) is 0 Å². The quantitative estimate of drug-likeness (QED) is 0.732. The molecule has 9 heteroatoms. The molecule has 0 unspecified atom stereocenters. The highest BCUT2D eigenvalue weighted by atomic mass is 35.5. The highest BCUT2D eigenvalue weighted by molar-refractivity contribution is 6.31. The van der Waals surface area contributed by atoms with Crippen LogP contribution < -0.4 is 10.6 Å². The average Bonchev–Trinajstić information content (AvgIpc) is 2.61. The number of halogens is 3. The number of ether oxygens (including phenoxy) is 1. The summed E-state index contributed by atoms with van der Waals surface area (Å²) in [5, 5.41) is 5.28. The molecule has 2 rings (SSSR count). The van der Waals surface area contributed by atoms with E-state index in [1.54, 1.807) is 0 Å². The van der Waals surface area contributed by atoms with Crippen LogP contribution in [0.1, 0.15) is 10.4 Å². The number of esters is 1. The van der Waals surface area contributed by atoms with E-state index in [0.717, 1.165) is 6.07 Å². The Morgan fingerprint density at radius 3 is 2.35 bits per heavy atom. The lowest BCUT2D eigenvalue weighted by atomic mass is 10.2. The molecule has 0 heterocycles. The van der Waals surface area contributed by atoms with Crippen molar-refractivity contribution < 1.29 is 23.5 Å². The van der Waals surface area contributed by atoms with Gasteiger partial charge in [-0.2, -0.15) is 0 Å². The van der Waals surface area contributed by atoms with Gasteiger partial charge < -0.3 is 15.4 Å². The highest BCUT2D eigenvalue weighted by Gasteiger charge is 2.12. The molecule has 0 bridgehead atoms. The van der Waals surface area contributed by atoms with Crippen molar-refractivity contribution in [1.29, 1.82) is 0 Å². The lowest BCUT2D eigenvalue weighted by molar-refractivity contribution is -0.146. The number of hydrogen-bond acceptors (Lipinski definition) is 4. The van der Waals surface area contributed by atoms with E-state index in [0.29, 0.717) is 10.6 Å². The van der Waals surface area contributed by atoms with Crippen molar-refractivity contribution in [2.75, 3.05) is 18.5 Å². The van der Waals surface area contributed by atoms with E-state index in [-0.39, 0.29) is 10.7 Å². The van der Waals surface area contributed by atoms with Crippen molar-refractivity contribution in [3.05, 3.63) is 63.9 Å². The molecule has 2 aromatic rings. The number of nitrogens with one attached hydrogen (secondary N) is 2. The molecule has 0 spiro atoms. The van der Waals surface area contributed by atoms with Crippen molar-refractivity contribution in [3.8, 4) is 0 Å². The van der Waals surface area contributed by atoms with E-state index < -0.39 is 36.8 Å². The Kier molecular flexibility index (Phi) is 6.94. The van der Waals surface area contributed by atoms with E-state index in [9.17, 15) is 18.8 Å². The molecule has 0 atom stereocenters. The third-order valence-electron chi connectivity index (χ3n) is 3.07. The number of benzene rings is 2. The molecule has 0 saturated carbocycles. The van der Waals surface area contributed by atoms with Crippen molar-refractivity contribution in [2.24, 2.45) is 0 Å². The minimum atomic E-state index is -0.825. The molecule has 0 aromatic heterocycles. The molecule has 0 saturated heterocycles. The molecule has 0 radical (unpaired) electrons. The van der Waals surface area contributed by atoms with Crippen LogP contribution in [-0.2, 0) is 14.3 Å². The van der Waals surface area contributed by atoms with E-state index in [4.69, 9.17) is 27.9 Å². The zero-order chi connectivity index (χ0) is 19.1. The van der Waals surface area contributed by atoms with Gasteiger partial charge in [0.1, 0.15) is 12.4 Å². The predicted molar refractivity (Wildman–Crippen MR) is 94.8 cm³/mol. The molecule has 0 aliphatic carbocycles. The van der Waals surface area contributed by atoms with Crippen LogP contribution in [0.25, 0.3) is 0 Å². The number of hydrogen-bond donors (Lipinski definition) is 2. The summed E-state index contributed by atoms with van der Waals surface area (Å²) in [6.07, 6.45) is 0. The van der Waals surface area contributed by atoms with E-state index in [1.807, 2.05) is 0 Å². The van der Waals surface area contributed by atoms with Crippen LogP contribution >= 0.6 is 23.2 Å². The minimum absolute atomic E-state index is 0.130. The fourth-order valence-electron chi connectivity index (χ4n) is 1.83. The smallest absolute Gasteiger partial charge is 0.325 e. The van der Waals surface area contributed by atoms with Gasteiger partial charge in [0.05, 0.1) is 5.69 Å². The molecule has 0 fully saturated rings. The summed E-state index contributed by atoms with van der Waals surface area (Å²) in [4.78, 5) is 35.1. The maximum Gasteiger partial charge on any atom is 0.325 e. The van der Waals surface area contributed by atoms with Crippen molar-refractivity contribution >= 4 is 46.7 Å². The summed E-state index contributed by atoms with van der Waals surface area (Å²) < 4.78 is 18.2. The van der Waals surface area contributed by atoms with Gasteiger partial charge in [0.15, 0.2) is 6.61 Å². The number of carbonyl (C=O) groups excluding carboxylic acids is 3. The van der Waals surface area contributed by atoms with Crippen LogP contribution in [0.5, 0.6) is 0 Å². The van der Waals surface area contributed by atoms with Crippen LogP contribution in [0.15, 0.2) is 42.5 Å². The highest BCUT2D eigenvalue weighted by Crippen LogP contribution is 2.19. The Labute approximate surface area is 158 Å². The zero-order valence-electron chi connectivity index (χ0n) is 13.2. The third kappa shape index (κ3) is 6.02. The molecule has 136 valence electrons. The van der Waals surface area contributed by atoms with Gasteiger partial charge in [-0.1, -0.05) is 23.2 Å². The normalized spacial score (nSPS) is 10.1. The molecule has 6 nitrogen and oxygen atoms in total. The van der Waals surface area contributed by atoms with E-state index in [2.05, 4.69) is 10.6 Å². The Balaban J connectivity index is 1.75. The fourth-order valence-corrected chi connectivity index (χ4v) is 2.13. The van der Waals surface area contributed by atoms with Crippen LogP contribution in [0, 0.1) is 5.82 Å². The van der Waals surface area contributed by atoms with Gasteiger partial charge in [-0.25, -0.2) is 4.39 Å². The van der Waals surface area contributed by atoms with Gasteiger partial charge in [0, 0.05) is 15.6 Å². The first-order chi connectivity index (χ1) is 12.3. The third-order valence-corrected chi connectivity index (χ3v) is 3.55. The fraction of sp³-hybridized carbons (Fsp3) is 0.118. The first-order valence-corrected chi connectivity index (χ1v) is 8.05. The summed E-state index contributed by atoms with van der Waals surface area (Å²) in [7, 11) is 0. The monoisotopic (exact) mass is 398 g/mol. The summed E-state index contributed by atoms with van der Waals surface area (Å²) >= 11 is 11.4. The van der Waals surface area contributed by atoms with Gasteiger partial charge in [-0.15, -0.1) is 0 Å². The molecular formula is C17H13Cl2FN2O4. The zero-order valence-corrected chi connectivity index (χ0v) is 14.7. The molecule has 2 aromatic carbocycles. The Bertz CT molecular complexity index is 828. The summed E-state index contributed by atoms with van der Waals surface area (Å²) in [5.41, 5.74) is 0.186. The lowest BCUT2D eigenvalue weighted by Gasteiger charge is -2.08. The maximum atomic E-state index is 13.5. The molecule has 26 heavy (non-hydrogen) atoms. The van der Waals surface area contributed by atoms with Crippen molar-refractivity contribution in [3.63, 3.8) is 0 Å². The average molecular weight is 399 g/mol. The number of carbonyl (C=O) groups is 3. The van der Waals surface area contributed by atoms with Crippen LogP contribution in [-0.4, -0.2) is 30.9 Å². The summed E-state index contributed by atoms with van der Waals surface area (Å²) in [6, 6.07) is 9.71. The number of amides is 2. The standard InChI is InChI=1S/C17H13Cl2FN2O4/c18-11-3-1-10(2-4-11)17(25)21-8-16(24)26-9-15(23)22-14-7-12(19)5-6-13(14)20/h1-7H,8-9H2,(H,21,25)(H,22,23). The topological polar surface area (TPSA) is 84.5 Å². The first kappa shape index (κ1) is 19.7. The molecule has 2 amide bonds. The predicted octanol–water partition coefficient (Wildman–Crippen LogP) is 3.04. The molecule has 0 aliphatic rings. The van der Waals surface area contributed by atoms with Gasteiger partial charge in [-0.3, -0.25) is 14.4 Å². The van der Waals surface area contributed by atoms with Crippen molar-refractivity contribution in [1.82, 2.24) is 5.32 Å². The Morgan fingerprint density at radius 2 is 1.65 bits per heavy atom. The number of anilines is 1. The Hall–Kier alpha value is -2.64. The molecule has 2 N–H and O–H groups in total. The molecule has 0 aliphatic heterocycles.